The summed E-state index contributed by atoms with van der Waals surface area (Å²) in [6.07, 6.45) is 0.379. The first kappa shape index (κ1) is 23.2. The smallest absolute Gasteiger partial charge is 0.230 e. The largest absolute Gasteiger partial charge is 0.497 e. The number of amides is 2. The molecule has 0 aliphatic carbocycles. The van der Waals surface area contributed by atoms with Crippen molar-refractivity contribution in [3.05, 3.63) is 83.9 Å². The monoisotopic (exact) mass is 466 g/mol. The number of hydrogen-bond donors (Lipinski definition) is 1. The Hall–Kier alpha value is -3.94. The maximum Gasteiger partial charge on any atom is 0.230 e. The summed E-state index contributed by atoms with van der Waals surface area (Å²) in [6.45, 7) is 0. The average Bonchev–Trinajstić information content (AvgIpc) is 2.85. The summed E-state index contributed by atoms with van der Waals surface area (Å²) in [5, 5.41) is 2.57. The van der Waals surface area contributed by atoms with E-state index in [1.54, 1.807) is 60.5 Å². The molecule has 3 aromatic carbocycles. The predicted molar refractivity (Wildman–Crippen MR) is 124 cm³/mol. The molecule has 1 saturated heterocycles. The van der Waals surface area contributed by atoms with E-state index in [1.165, 1.54) is 13.2 Å². The van der Waals surface area contributed by atoms with Gasteiger partial charge in [-0.05, 0) is 48.9 Å². The molecule has 4 rings (SSSR count). The summed E-state index contributed by atoms with van der Waals surface area (Å²) in [7, 11) is 3.07. The Morgan fingerprint density at radius 3 is 2.41 bits per heavy atom. The lowest BCUT2D eigenvalue weighted by molar-refractivity contribution is -0.126. The molecule has 1 aliphatic heterocycles. The highest BCUT2D eigenvalue weighted by Crippen LogP contribution is 2.43. The lowest BCUT2D eigenvalue weighted by Crippen LogP contribution is -2.47. The van der Waals surface area contributed by atoms with Crippen molar-refractivity contribution >= 4 is 23.2 Å². The van der Waals surface area contributed by atoms with Crippen molar-refractivity contribution in [3.63, 3.8) is 0 Å². The van der Waals surface area contributed by atoms with Gasteiger partial charge in [0.1, 0.15) is 23.1 Å². The number of anilines is 2. The van der Waals surface area contributed by atoms with Crippen LogP contribution in [0.25, 0.3) is 0 Å². The van der Waals surface area contributed by atoms with Crippen molar-refractivity contribution in [3.8, 4) is 11.5 Å². The third kappa shape index (κ3) is 4.57. The molecule has 1 aliphatic rings. The van der Waals surface area contributed by atoms with Crippen LogP contribution in [0.3, 0.4) is 0 Å². The zero-order chi connectivity index (χ0) is 24.2. The Morgan fingerprint density at radius 1 is 1.00 bits per heavy atom. The summed E-state index contributed by atoms with van der Waals surface area (Å²) in [6, 6.07) is 16.4. The van der Waals surface area contributed by atoms with E-state index in [1.807, 2.05) is 0 Å². The van der Waals surface area contributed by atoms with Crippen LogP contribution in [0, 0.1) is 17.6 Å². The van der Waals surface area contributed by atoms with Gasteiger partial charge in [-0.3, -0.25) is 9.59 Å². The van der Waals surface area contributed by atoms with E-state index in [2.05, 4.69) is 5.32 Å². The van der Waals surface area contributed by atoms with Gasteiger partial charge in [0.25, 0.3) is 0 Å². The Labute approximate surface area is 196 Å². The van der Waals surface area contributed by atoms with Gasteiger partial charge in [0.2, 0.25) is 11.8 Å². The van der Waals surface area contributed by atoms with Crippen LogP contribution in [-0.4, -0.2) is 26.0 Å². The van der Waals surface area contributed by atoms with Crippen molar-refractivity contribution in [1.29, 1.82) is 0 Å². The molecular formula is C26H24F2N2O4. The fourth-order valence-corrected chi connectivity index (χ4v) is 4.30. The van der Waals surface area contributed by atoms with Gasteiger partial charge in [-0.15, -0.1) is 0 Å². The third-order valence-electron chi connectivity index (χ3n) is 5.93. The molecule has 0 saturated carbocycles. The Kier molecular flexibility index (Phi) is 6.77. The molecule has 1 N–H and O–H groups in total. The van der Waals surface area contributed by atoms with Crippen molar-refractivity contribution < 1.29 is 27.8 Å². The van der Waals surface area contributed by atoms with Gasteiger partial charge in [0.15, 0.2) is 0 Å². The highest BCUT2D eigenvalue weighted by Gasteiger charge is 2.42. The Morgan fingerprint density at radius 2 is 1.74 bits per heavy atom. The molecule has 8 heteroatoms. The third-order valence-corrected chi connectivity index (χ3v) is 5.93. The average molecular weight is 466 g/mol. The molecule has 0 spiro atoms. The molecule has 1 fully saturated rings. The highest BCUT2D eigenvalue weighted by atomic mass is 19.1. The van der Waals surface area contributed by atoms with Gasteiger partial charge in [-0.25, -0.2) is 8.78 Å². The van der Waals surface area contributed by atoms with Crippen molar-refractivity contribution in [1.82, 2.24) is 0 Å². The van der Waals surface area contributed by atoms with Crippen LogP contribution in [-0.2, 0) is 9.59 Å². The second kappa shape index (κ2) is 9.91. The number of rotatable bonds is 6. The number of carbonyl (C=O) groups excluding carboxylic acids is 2. The number of halogens is 2. The summed E-state index contributed by atoms with van der Waals surface area (Å²) in [5.74, 6) is -1.82. The van der Waals surface area contributed by atoms with Gasteiger partial charge in [0, 0.05) is 23.7 Å². The van der Waals surface area contributed by atoms with Crippen LogP contribution in [0.4, 0.5) is 20.2 Å². The van der Waals surface area contributed by atoms with Crippen molar-refractivity contribution in [2.45, 2.75) is 18.9 Å². The van der Waals surface area contributed by atoms with Gasteiger partial charge in [0.05, 0.1) is 31.9 Å². The van der Waals surface area contributed by atoms with Gasteiger partial charge < -0.3 is 19.7 Å². The summed E-state index contributed by atoms with van der Waals surface area (Å²) in [4.78, 5) is 28.1. The zero-order valence-electron chi connectivity index (χ0n) is 18.8. The lowest BCUT2D eigenvalue weighted by atomic mass is 9.82. The van der Waals surface area contributed by atoms with Crippen molar-refractivity contribution in [2.75, 3.05) is 24.4 Å². The fraction of sp³-hybridized carbons (Fsp3) is 0.231. The standard InChI is InChI=1S/C26H24F2N2O4/c1-33-18-10-8-17(9-11-18)30-24(31)14-12-20(25(30)19-5-3-4-6-23(19)34-2)26(32)29-22-13-7-16(27)15-21(22)28/h3-11,13,15,20,25H,12,14H2,1-2H3,(H,29,32). The molecule has 2 atom stereocenters. The van der Waals surface area contributed by atoms with Crippen LogP contribution >= 0.6 is 0 Å². The zero-order valence-corrected chi connectivity index (χ0v) is 18.8. The second-order valence-corrected chi connectivity index (χ2v) is 7.91. The first-order valence-corrected chi connectivity index (χ1v) is 10.8. The minimum Gasteiger partial charge on any atom is -0.497 e. The molecule has 0 radical (unpaired) electrons. The van der Waals surface area contributed by atoms with Crippen LogP contribution in [0.2, 0.25) is 0 Å². The van der Waals surface area contributed by atoms with E-state index in [9.17, 15) is 18.4 Å². The SMILES string of the molecule is COc1ccc(N2C(=O)CCC(C(=O)Nc3ccc(F)cc3F)C2c2ccccc2OC)cc1. The number of nitrogens with one attached hydrogen (secondary N) is 1. The predicted octanol–water partition coefficient (Wildman–Crippen LogP) is 5.11. The van der Waals surface area contributed by atoms with Crippen LogP contribution in [0.1, 0.15) is 24.4 Å². The summed E-state index contributed by atoms with van der Waals surface area (Å²) < 4.78 is 38.3. The highest BCUT2D eigenvalue weighted by molar-refractivity contribution is 6.00. The number of ether oxygens (including phenoxy) is 2. The number of methoxy groups -OCH3 is 2. The van der Waals surface area contributed by atoms with E-state index in [-0.39, 0.29) is 24.4 Å². The molecule has 2 unspecified atom stereocenters. The van der Waals surface area contributed by atoms with Gasteiger partial charge in [-0.1, -0.05) is 18.2 Å². The van der Waals surface area contributed by atoms with E-state index in [0.29, 0.717) is 28.8 Å². The molecule has 6 nitrogen and oxygen atoms in total. The second-order valence-electron chi connectivity index (χ2n) is 7.91. The number of benzene rings is 3. The topological polar surface area (TPSA) is 67.9 Å². The van der Waals surface area contributed by atoms with E-state index in [4.69, 9.17) is 9.47 Å². The minimum absolute atomic E-state index is 0.127. The number of para-hydroxylation sites is 1. The Balaban J connectivity index is 1.77. The minimum atomic E-state index is -0.874. The maximum atomic E-state index is 14.2. The first-order chi connectivity index (χ1) is 16.4. The normalized spacial score (nSPS) is 17.9. The molecule has 1 heterocycles. The summed E-state index contributed by atoms with van der Waals surface area (Å²) >= 11 is 0. The fourth-order valence-electron chi connectivity index (χ4n) is 4.30. The van der Waals surface area contributed by atoms with Crippen molar-refractivity contribution in [2.24, 2.45) is 5.92 Å². The first-order valence-electron chi connectivity index (χ1n) is 10.8. The number of nitrogens with zero attached hydrogens (tertiary/aromatic N) is 1. The molecule has 176 valence electrons. The van der Waals surface area contributed by atoms with Crippen LogP contribution in [0.5, 0.6) is 11.5 Å². The van der Waals surface area contributed by atoms with Gasteiger partial charge >= 0.3 is 0 Å². The molecule has 0 bridgehead atoms. The van der Waals surface area contributed by atoms with Crippen LogP contribution in [0.15, 0.2) is 66.7 Å². The molecule has 3 aromatic rings. The number of hydrogen-bond acceptors (Lipinski definition) is 4. The van der Waals surface area contributed by atoms with E-state index < -0.39 is 29.5 Å². The molecule has 0 aromatic heterocycles. The number of piperidine rings is 1. The quantitative estimate of drug-likeness (QED) is 0.549. The van der Waals surface area contributed by atoms with E-state index >= 15 is 0 Å². The number of carbonyl (C=O) groups is 2. The molecular weight excluding hydrogens is 442 g/mol. The molecule has 2 amide bonds. The maximum absolute atomic E-state index is 14.2. The Bertz CT molecular complexity index is 1200. The van der Waals surface area contributed by atoms with E-state index in [0.717, 1.165) is 6.07 Å². The van der Waals surface area contributed by atoms with Gasteiger partial charge in [-0.2, -0.15) is 0 Å². The molecule has 34 heavy (non-hydrogen) atoms. The summed E-state index contributed by atoms with van der Waals surface area (Å²) in [5.41, 5.74) is 1.11. The lowest BCUT2D eigenvalue weighted by Gasteiger charge is -2.41. The van der Waals surface area contributed by atoms with Crippen LogP contribution < -0.4 is 19.7 Å².